The van der Waals surface area contributed by atoms with E-state index < -0.39 is 0 Å². The van der Waals surface area contributed by atoms with Gasteiger partial charge in [0, 0.05) is 36.3 Å². The van der Waals surface area contributed by atoms with Crippen LogP contribution in [0.3, 0.4) is 0 Å². The third kappa shape index (κ3) is 4.67. The van der Waals surface area contributed by atoms with Crippen LogP contribution in [0.25, 0.3) is 11.3 Å². The average molecular weight is 390 g/mol. The maximum Gasteiger partial charge on any atom is 0.318 e. The van der Waals surface area contributed by atoms with Gasteiger partial charge in [0.1, 0.15) is 5.69 Å². The predicted octanol–water partition coefficient (Wildman–Crippen LogP) is 3.40. The van der Waals surface area contributed by atoms with Gasteiger partial charge in [-0.05, 0) is 30.5 Å². The van der Waals surface area contributed by atoms with Gasteiger partial charge in [0.15, 0.2) is 11.6 Å². The molecule has 0 fully saturated rings. The quantitative estimate of drug-likeness (QED) is 0.506. The van der Waals surface area contributed by atoms with Gasteiger partial charge in [-0.3, -0.25) is 4.98 Å². The number of ether oxygens (including phenoxy) is 2. The smallest absolute Gasteiger partial charge is 0.318 e. The molecule has 3 rings (SSSR count). The maximum atomic E-state index is 8.23. The van der Waals surface area contributed by atoms with Crippen molar-refractivity contribution >= 4 is 17.2 Å². The van der Waals surface area contributed by atoms with Crippen molar-refractivity contribution in [2.24, 2.45) is 0 Å². The van der Waals surface area contributed by atoms with Crippen molar-refractivity contribution in [2.75, 3.05) is 26.6 Å². The molecule has 0 spiro atoms. The molecule has 2 aromatic heterocycles. The number of benzene rings is 1. The van der Waals surface area contributed by atoms with Crippen molar-refractivity contribution in [2.45, 2.75) is 0 Å². The number of allylic oxidation sites excluding steroid dienone is 1. The third-order valence-corrected chi connectivity index (χ3v) is 4.04. The minimum atomic E-state index is 0.202. The highest BCUT2D eigenvalue weighted by Gasteiger charge is 2.18. The van der Waals surface area contributed by atoms with Crippen molar-refractivity contribution in [3.05, 3.63) is 66.6 Å². The fraction of sp³-hybridized carbons (Fsp3) is 0.143. The number of hydrogen-bond donors (Lipinski definition) is 3. The van der Waals surface area contributed by atoms with Crippen molar-refractivity contribution < 1.29 is 9.47 Å². The molecule has 8 nitrogen and oxygen atoms in total. The van der Waals surface area contributed by atoms with Crippen LogP contribution in [0.4, 0.5) is 11.5 Å². The molecule has 148 valence electrons. The van der Waals surface area contributed by atoms with Gasteiger partial charge in [0.2, 0.25) is 0 Å². The van der Waals surface area contributed by atoms with E-state index in [9.17, 15) is 0 Å². The lowest BCUT2D eigenvalue weighted by Crippen LogP contribution is -2.05. The van der Waals surface area contributed by atoms with E-state index in [1.807, 2.05) is 36.4 Å². The van der Waals surface area contributed by atoms with E-state index in [1.165, 1.54) is 7.11 Å². The van der Waals surface area contributed by atoms with E-state index in [-0.39, 0.29) is 6.01 Å². The Morgan fingerprint density at radius 3 is 2.55 bits per heavy atom. The Hall–Kier alpha value is -3.94. The fourth-order valence-electron chi connectivity index (χ4n) is 2.66. The summed E-state index contributed by atoms with van der Waals surface area (Å²) in [6.45, 7) is 0. The monoisotopic (exact) mass is 390 g/mol. The van der Waals surface area contributed by atoms with E-state index in [0.717, 1.165) is 16.8 Å². The van der Waals surface area contributed by atoms with Gasteiger partial charge < -0.3 is 25.5 Å². The minimum absolute atomic E-state index is 0.202. The van der Waals surface area contributed by atoms with E-state index in [1.54, 1.807) is 38.8 Å². The number of anilines is 2. The normalized spacial score (nSPS) is 10.6. The van der Waals surface area contributed by atoms with Gasteiger partial charge in [-0.2, -0.15) is 9.97 Å². The number of aromatic nitrogens is 3. The van der Waals surface area contributed by atoms with Crippen LogP contribution in [0.15, 0.2) is 61.1 Å². The zero-order valence-electron chi connectivity index (χ0n) is 16.4. The van der Waals surface area contributed by atoms with Crippen LogP contribution in [0.2, 0.25) is 0 Å². The molecule has 0 saturated heterocycles. The largest absolute Gasteiger partial charge is 0.491 e. The number of pyridine rings is 1. The molecule has 0 atom stereocenters. The van der Waals surface area contributed by atoms with Crippen molar-refractivity contribution in [1.82, 2.24) is 20.3 Å². The van der Waals surface area contributed by atoms with Crippen molar-refractivity contribution in [3.63, 3.8) is 0 Å². The van der Waals surface area contributed by atoms with Crippen LogP contribution >= 0.6 is 0 Å². The molecular formula is C21H22N6O2. The van der Waals surface area contributed by atoms with E-state index in [0.29, 0.717) is 23.0 Å². The molecule has 0 aliphatic rings. The summed E-state index contributed by atoms with van der Waals surface area (Å²) in [5, 5.41) is 14.3. The Balaban J connectivity index is 2.08. The molecule has 0 amide bonds. The first kappa shape index (κ1) is 19.8. The zero-order valence-corrected chi connectivity index (χ0v) is 16.4. The molecule has 29 heavy (non-hydrogen) atoms. The molecule has 2 heterocycles. The Morgan fingerprint density at radius 1 is 1.07 bits per heavy atom. The molecule has 0 bridgehead atoms. The van der Waals surface area contributed by atoms with Crippen LogP contribution in [0.1, 0.15) is 5.56 Å². The minimum Gasteiger partial charge on any atom is -0.491 e. The van der Waals surface area contributed by atoms with Gasteiger partial charge in [-0.15, -0.1) is 0 Å². The van der Waals surface area contributed by atoms with Crippen molar-refractivity contribution in [1.29, 1.82) is 5.41 Å². The molecule has 8 heteroatoms. The summed E-state index contributed by atoms with van der Waals surface area (Å²) in [5.74, 6) is 0.938. The van der Waals surface area contributed by atoms with E-state index in [4.69, 9.17) is 14.9 Å². The van der Waals surface area contributed by atoms with Gasteiger partial charge >= 0.3 is 6.01 Å². The van der Waals surface area contributed by atoms with Gasteiger partial charge in [-0.25, -0.2) is 0 Å². The van der Waals surface area contributed by atoms with Gasteiger partial charge in [-0.1, -0.05) is 18.2 Å². The summed E-state index contributed by atoms with van der Waals surface area (Å²) >= 11 is 0. The first-order valence-corrected chi connectivity index (χ1v) is 8.86. The van der Waals surface area contributed by atoms with Crippen LogP contribution in [0, 0.1) is 5.41 Å². The summed E-state index contributed by atoms with van der Waals surface area (Å²) in [6, 6.07) is 11.4. The second-order valence-electron chi connectivity index (χ2n) is 5.92. The van der Waals surface area contributed by atoms with Crippen LogP contribution in [0.5, 0.6) is 11.8 Å². The van der Waals surface area contributed by atoms with Crippen LogP contribution < -0.4 is 20.1 Å². The van der Waals surface area contributed by atoms with Crippen molar-refractivity contribution in [3.8, 4) is 23.0 Å². The van der Waals surface area contributed by atoms with Gasteiger partial charge in [0.05, 0.1) is 19.9 Å². The zero-order chi connectivity index (χ0) is 20.6. The molecule has 3 aromatic rings. The molecule has 0 saturated carbocycles. The van der Waals surface area contributed by atoms with E-state index >= 15 is 0 Å². The number of nitrogens with one attached hydrogen (secondary N) is 3. The second kappa shape index (κ2) is 9.32. The molecule has 3 N–H and O–H groups in total. The second-order valence-corrected chi connectivity index (χ2v) is 5.92. The summed E-state index contributed by atoms with van der Waals surface area (Å²) in [7, 11) is 4.86. The predicted molar refractivity (Wildman–Crippen MR) is 113 cm³/mol. The first-order chi connectivity index (χ1) is 14.2. The third-order valence-electron chi connectivity index (χ3n) is 4.04. The lowest BCUT2D eigenvalue weighted by molar-refractivity contribution is 0.373. The lowest BCUT2D eigenvalue weighted by atomic mass is 10.0. The number of hydrogen-bond acceptors (Lipinski definition) is 8. The molecular weight excluding hydrogens is 368 g/mol. The summed E-state index contributed by atoms with van der Waals surface area (Å²) in [5.41, 5.74) is 3.26. The molecule has 0 aliphatic heterocycles. The first-order valence-electron chi connectivity index (χ1n) is 8.86. The highest BCUT2D eigenvalue weighted by Crippen LogP contribution is 2.37. The SMILES string of the molecule is CN/C=C\C(=N)c1cccc(-c2nc(OC)nc(Nc3ccncc3)c2OC)c1. The Kier molecular flexibility index (Phi) is 6.36. The lowest BCUT2D eigenvalue weighted by Gasteiger charge is -2.15. The van der Waals surface area contributed by atoms with Gasteiger partial charge in [0.25, 0.3) is 0 Å². The molecule has 1 aromatic carbocycles. The molecule has 0 radical (unpaired) electrons. The highest BCUT2D eigenvalue weighted by atomic mass is 16.5. The Morgan fingerprint density at radius 2 is 1.86 bits per heavy atom. The summed E-state index contributed by atoms with van der Waals surface area (Å²) in [4.78, 5) is 12.9. The van der Waals surface area contributed by atoms with E-state index in [2.05, 4.69) is 25.6 Å². The standard InChI is InChI=1S/C21H22N6O2/c1-23-10-9-17(22)14-5-4-6-15(13-14)18-19(28-2)20(27-21(26-18)29-3)25-16-7-11-24-12-8-16/h4-13,22-23H,1-3H3,(H,24,25,26,27)/b10-9-,22-17?. The maximum absolute atomic E-state index is 8.23. The average Bonchev–Trinajstić information content (AvgIpc) is 2.77. The van der Waals surface area contributed by atoms with Crippen LogP contribution in [-0.2, 0) is 0 Å². The summed E-state index contributed by atoms with van der Waals surface area (Å²) in [6.07, 6.45) is 6.76. The summed E-state index contributed by atoms with van der Waals surface area (Å²) < 4.78 is 10.9. The number of methoxy groups -OCH3 is 2. The Labute approximate surface area is 169 Å². The number of rotatable bonds is 8. The number of nitrogens with zero attached hydrogens (tertiary/aromatic N) is 3. The molecule has 0 aliphatic carbocycles. The van der Waals surface area contributed by atoms with Crippen LogP contribution in [-0.4, -0.2) is 41.9 Å². The Bertz CT molecular complexity index is 1020. The fourth-order valence-corrected chi connectivity index (χ4v) is 2.66. The highest BCUT2D eigenvalue weighted by molar-refractivity contribution is 6.07. The molecule has 0 unspecified atom stereocenters. The topological polar surface area (TPSA) is 105 Å².